The summed E-state index contributed by atoms with van der Waals surface area (Å²) in [5.41, 5.74) is 3.64. The molecule has 0 amide bonds. The number of hydrogen-bond donors (Lipinski definition) is 3. The predicted molar refractivity (Wildman–Crippen MR) is 67.4 cm³/mol. The Kier molecular flexibility index (Phi) is 2.63. The second-order valence-corrected chi connectivity index (χ2v) is 4.11. The summed E-state index contributed by atoms with van der Waals surface area (Å²) in [5.74, 6) is 0. The number of aromatic nitrogens is 3. The van der Waals surface area contributed by atoms with Gasteiger partial charge in [0.25, 0.3) is 0 Å². The Bertz CT molecular complexity index is 595. The first kappa shape index (κ1) is 10.1. The highest BCUT2D eigenvalue weighted by Gasteiger charge is 1.98. The van der Waals surface area contributed by atoms with Crippen LogP contribution >= 0.6 is 0 Å². The summed E-state index contributed by atoms with van der Waals surface area (Å²) in [4.78, 5) is 3.22. The second kappa shape index (κ2) is 4.43. The first-order valence-corrected chi connectivity index (χ1v) is 5.66. The van der Waals surface area contributed by atoms with E-state index in [1.807, 2.05) is 18.6 Å². The Labute approximate surface area is 99.1 Å². The van der Waals surface area contributed by atoms with Crippen LogP contribution in [0, 0.1) is 0 Å². The van der Waals surface area contributed by atoms with Gasteiger partial charge in [0, 0.05) is 36.6 Å². The Hall–Kier alpha value is -2.07. The highest BCUT2D eigenvalue weighted by molar-refractivity contribution is 5.79. The smallest absolute Gasteiger partial charge is 0.0532 e. The van der Waals surface area contributed by atoms with Crippen molar-refractivity contribution in [1.82, 2.24) is 20.5 Å². The number of H-pyrrole nitrogens is 2. The second-order valence-electron chi connectivity index (χ2n) is 4.11. The topological polar surface area (TPSA) is 56.5 Å². The molecular weight excluding hydrogens is 212 g/mol. The van der Waals surface area contributed by atoms with E-state index in [0.29, 0.717) is 0 Å². The molecule has 3 aromatic rings. The molecular formula is C13H14N4. The van der Waals surface area contributed by atoms with E-state index in [4.69, 9.17) is 0 Å². The standard InChI is InChI=1S/C13H14N4/c1-2-12-3-4-15-13(12)5-10(1)6-14-7-11-8-16-17-9-11/h1-5,8-9,14-15H,6-7H2,(H,16,17). The molecule has 2 aromatic heterocycles. The Balaban J connectivity index is 1.64. The van der Waals surface area contributed by atoms with Crippen LogP contribution in [0.5, 0.6) is 0 Å². The molecule has 0 fully saturated rings. The predicted octanol–water partition coefficient (Wildman–Crippen LogP) is 2.18. The first-order chi connectivity index (χ1) is 8.42. The van der Waals surface area contributed by atoms with E-state index in [2.05, 4.69) is 44.8 Å². The third-order valence-corrected chi connectivity index (χ3v) is 2.83. The Morgan fingerprint density at radius 2 is 2.06 bits per heavy atom. The summed E-state index contributed by atoms with van der Waals surface area (Å²) in [6.45, 7) is 1.69. The summed E-state index contributed by atoms with van der Waals surface area (Å²) in [6, 6.07) is 8.55. The van der Waals surface area contributed by atoms with E-state index in [-0.39, 0.29) is 0 Å². The van der Waals surface area contributed by atoms with Crippen molar-refractivity contribution in [2.45, 2.75) is 13.1 Å². The third-order valence-electron chi connectivity index (χ3n) is 2.83. The molecule has 0 saturated carbocycles. The average molecular weight is 226 g/mol. The minimum Gasteiger partial charge on any atom is -0.361 e. The quantitative estimate of drug-likeness (QED) is 0.638. The zero-order valence-corrected chi connectivity index (χ0v) is 9.40. The molecule has 17 heavy (non-hydrogen) atoms. The fourth-order valence-corrected chi connectivity index (χ4v) is 1.93. The Morgan fingerprint density at radius 3 is 2.94 bits per heavy atom. The number of fused-ring (bicyclic) bond motifs is 1. The van der Waals surface area contributed by atoms with Gasteiger partial charge in [0.1, 0.15) is 0 Å². The maximum absolute atomic E-state index is 3.91. The van der Waals surface area contributed by atoms with Crippen LogP contribution in [0.4, 0.5) is 0 Å². The van der Waals surface area contributed by atoms with Crippen molar-refractivity contribution in [2.24, 2.45) is 0 Å². The van der Waals surface area contributed by atoms with Gasteiger partial charge < -0.3 is 10.3 Å². The number of rotatable bonds is 4. The fourth-order valence-electron chi connectivity index (χ4n) is 1.93. The molecule has 4 heteroatoms. The number of benzene rings is 1. The molecule has 0 atom stereocenters. The molecule has 0 radical (unpaired) electrons. The molecule has 0 spiro atoms. The highest BCUT2D eigenvalue weighted by atomic mass is 15.1. The first-order valence-electron chi connectivity index (χ1n) is 5.66. The van der Waals surface area contributed by atoms with Crippen LogP contribution in [-0.2, 0) is 13.1 Å². The van der Waals surface area contributed by atoms with Crippen molar-refractivity contribution in [3.05, 3.63) is 54.0 Å². The van der Waals surface area contributed by atoms with Crippen LogP contribution in [0.25, 0.3) is 10.9 Å². The summed E-state index contributed by atoms with van der Waals surface area (Å²) in [5, 5.41) is 11.4. The van der Waals surface area contributed by atoms with Crippen molar-refractivity contribution in [3.8, 4) is 0 Å². The van der Waals surface area contributed by atoms with Gasteiger partial charge in [-0.25, -0.2) is 0 Å². The average Bonchev–Trinajstić information content (AvgIpc) is 2.98. The summed E-state index contributed by atoms with van der Waals surface area (Å²) in [6.07, 6.45) is 5.70. The van der Waals surface area contributed by atoms with Crippen molar-refractivity contribution >= 4 is 10.9 Å². The minimum atomic E-state index is 0.833. The number of aromatic amines is 2. The molecule has 0 aliphatic heterocycles. The zero-order chi connectivity index (χ0) is 11.5. The van der Waals surface area contributed by atoms with Gasteiger partial charge in [-0.2, -0.15) is 5.10 Å². The number of nitrogens with one attached hydrogen (secondary N) is 3. The molecule has 1 aromatic carbocycles. The van der Waals surface area contributed by atoms with E-state index < -0.39 is 0 Å². The molecule has 2 heterocycles. The maximum atomic E-state index is 3.91. The van der Waals surface area contributed by atoms with Gasteiger partial charge >= 0.3 is 0 Å². The van der Waals surface area contributed by atoms with E-state index in [9.17, 15) is 0 Å². The van der Waals surface area contributed by atoms with Gasteiger partial charge in [0.15, 0.2) is 0 Å². The molecule has 0 bridgehead atoms. The summed E-state index contributed by atoms with van der Waals surface area (Å²) < 4.78 is 0. The van der Waals surface area contributed by atoms with Crippen molar-refractivity contribution in [3.63, 3.8) is 0 Å². The minimum absolute atomic E-state index is 0.833. The van der Waals surface area contributed by atoms with Crippen molar-refractivity contribution in [2.75, 3.05) is 0 Å². The van der Waals surface area contributed by atoms with Crippen LogP contribution < -0.4 is 5.32 Å². The van der Waals surface area contributed by atoms with E-state index in [1.165, 1.54) is 22.0 Å². The highest BCUT2D eigenvalue weighted by Crippen LogP contribution is 2.13. The molecule has 3 rings (SSSR count). The monoisotopic (exact) mass is 226 g/mol. The largest absolute Gasteiger partial charge is 0.361 e. The molecule has 0 unspecified atom stereocenters. The van der Waals surface area contributed by atoms with Gasteiger partial charge in [0.05, 0.1) is 6.20 Å². The third kappa shape index (κ3) is 2.21. The van der Waals surface area contributed by atoms with Gasteiger partial charge in [-0.05, 0) is 23.1 Å². The molecule has 0 aliphatic carbocycles. The fraction of sp³-hybridized carbons (Fsp3) is 0.154. The lowest BCUT2D eigenvalue weighted by molar-refractivity contribution is 0.694. The van der Waals surface area contributed by atoms with Crippen LogP contribution in [0.15, 0.2) is 42.9 Å². The van der Waals surface area contributed by atoms with Crippen LogP contribution in [0.2, 0.25) is 0 Å². The molecule has 86 valence electrons. The van der Waals surface area contributed by atoms with Crippen LogP contribution in [-0.4, -0.2) is 15.2 Å². The lowest BCUT2D eigenvalue weighted by Gasteiger charge is -2.03. The van der Waals surface area contributed by atoms with E-state index in [0.717, 1.165) is 13.1 Å². The lowest BCUT2D eigenvalue weighted by Crippen LogP contribution is -2.12. The van der Waals surface area contributed by atoms with Crippen molar-refractivity contribution in [1.29, 1.82) is 0 Å². The normalized spacial score (nSPS) is 11.1. The van der Waals surface area contributed by atoms with Gasteiger partial charge in [0.2, 0.25) is 0 Å². The van der Waals surface area contributed by atoms with E-state index >= 15 is 0 Å². The van der Waals surface area contributed by atoms with Crippen molar-refractivity contribution < 1.29 is 0 Å². The van der Waals surface area contributed by atoms with Gasteiger partial charge in [-0.3, -0.25) is 5.10 Å². The SMILES string of the molecule is c1cc2ccc(CNCc3cn[nH]c3)cc2[nH]1. The summed E-state index contributed by atoms with van der Waals surface area (Å²) in [7, 11) is 0. The number of hydrogen-bond acceptors (Lipinski definition) is 2. The van der Waals surface area contributed by atoms with E-state index in [1.54, 1.807) is 0 Å². The molecule has 0 saturated heterocycles. The molecule has 4 nitrogen and oxygen atoms in total. The molecule has 3 N–H and O–H groups in total. The zero-order valence-electron chi connectivity index (χ0n) is 9.40. The Morgan fingerprint density at radius 1 is 1.12 bits per heavy atom. The lowest BCUT2D eigenvalue weighted by atomic mass is 10.1. The number of nitrogens with zero attached hydrogens (tertiary/aromatic N) is 1. The maximum Gasteiger partial charge on any atom is 0.0532 e. The van der Waals surface area contributed by atoms with Gasteiger partial charge in [-0.15, -0.1) is 0 Å². The van der Waals surface area contributed by atoms with Crippen LogP contribution in [0.1, 0.15) is 11.1 Å². The molecule has 0 aliphatic rings. The van der Waals surface area contributed by atoms with Crippen LogP contribution in [0.3, 0.4) is 0 Å². The van der Waals surface area contributed by atoms with Gasteiger partial charge in [-0.1, -0.05) is 12.1 Å². The summed E-state index contributed by atoms with van der Waals surface area (Å²) >= 11 is 0.